The Morgan fingerprint density at radius 2 is 1.89 bits per heavy atom. The standard InChI is InChI=1S/C15H22N2.ClH/c1-2-4-13(5-3-1)6-8-17-9-7-14-10-16-11-15(14)12-17;/h1-5,14-16H,6-12H2;1H. The van der Waals surface area contributed by atoms with Gasteiger partial charge in [0.15, 0.2) is 0 Å². The molecule has 1 aromatic carbocycles. The van der Waals surface area contributed by atoms with Gasteiger partial charge in [-0.2, -0.15) is 0 Å². The summed E-state index contributed by atoms with van der Waals surface area (Å²) in [4.78, 5) is 2.65. The Bertz CT molecular complexity index is 355. The molecule has 18 heavy (non-hydrogen) atoms. The maximum absolute atomic E-state index is 3.53. The summed E-state index contributed by atoms with van der Waals surface area (Å²) >= 11 is 0. The first-order chi connectivity index (χ1) is 8.42. The maximum atomic E-state index is 3.53. The molecular formula is C15H23ClN2. The van der Waals surface area contributed by atoms with Gasteiger partial charge in [0.2, 0.25) is 0 Å². The second-order valence-corrected chi connectivity index (χ2v) is 5.50. The molecule has 2 unspecified atom stereocenters. The number of hydrogen-bond donors (Lipinski definition) is 1. The first-order valence-corrected chi connectivity index (χ1v) is 6.89. The first kappa shape index (κ1) is 13.9. The second kappa shape index (κ2) is 6.55. The highest BCUT2D eigenvalue weighted by Gasteiger charge is 2.32. The molecule has 3 rings (SSSR count). The van der Waals surface area contributed by atoms with Gasteiger partial charge in [-0.05, 0) is 49.9 Å². The van der Waals surface area contributed by atoms with Crippen LogP contribution >= 0.6 is 12.4 Å². The minimum atomic E-state index is 0. The van der Waals surface area contributed by atoms with Crippen LogP contribution in [-0.2, 0) is 6.42 Å². The van der Waals surface area contributed by atoms with Crippen molar-refractivity contribution in [1.29, 1.82) is 0 Å². The number of rotatable bonds is 3. The van der Waals surface area contributed by atoms with Crippen LogP contribution in [-0.4, -0.2) is 37.6 Å². The number of hydrogen-bond acceptors (Lipinski definition) is 2. The van der Waals surface area contributed by atoms with Crippen molar-refractivity contribution in [2.45, 2.75) is 12.8 Å². The predicted octanol–water partition coefficient (Wildman–Crippen LogP) is 2.19. The van der Waals surface area contributed by atoms with Gasteiger partial charge in [0, 0.05) is 13.1 Å². The van der Waals surface area contributed by atoms with E-state index in [0.29, 0.717) is 0 Å². The minimum Gasteiger partial charge on any atom is -0.316 e. The minimum absolute atomic E-state index is 0. The fourth-order valence-electron chi connectivity index (χ4n) is 3.25. The fourth-order valence-corrected chi connectivity index (χ4v) is 3.25. The highest BCUT2D eigenvalue weighted by atomic mass is 35.5. The van der Waals surface area contributed by atoms with Crippen molar-refractivity contribution in [2.75, 3.05) is 32.7 Å². The molecule has 2 aliphatic heterocycles. The highest BCUT2D eigenvalue weighted by Crippen LogP contribution is 2.26. The van der Waals surface area contributed by atoms with E-state index in [4.69, 9.17) is 0 Å². The zero-order chi connectivity index (χ0) is 11.5. The maximum Gasteiger partial charge on any atom is 0.00251 e. The van der Waals surface area contributed by atoms with E-state index >= 15 is 0 Å². The molecule has 2 aliphatic rings. The van der Waals surface area contributed by atoms with E-state index < -0.39 is 0 Å². The Labute approximate surface area is 116 Å². The van der Waals surface area contributed by atoms with Gasteiger partial charge in [-0.25, -0.2) is 0 Å². The molecule has 100 valence electrons. The smallest absolute Gasteiger partial charge is 0.00251 e. The van der Waals surface area contributed by atoms with Gasteiger partial charge >= 0.3 is 0 Å². The van der Waals surface area contributed by atoms with Crippen molar-refractivity contribution >= 4 is 12.4 Å². The van der Waals surface area contributed by atoms with Crippen LogP contribution in [0.2, 0.25) is 0 Å². The molecule has 2 fully saturated rings. The summed E-state index contributed by atoms with van der Waals surface area (Å²) in [6.07, 6.45) is 2.60. The number of benzene rings is 1. The first-order valence-electron chi connectivity index (χ1n) is 6.89. The third kappa shape index (κ3) is 3.25. The molecule has 0 radical (unpaired) electrons. The average Bonchev–Trinajstić information content (AvgIpc) is 2.85. The molecule has 2 saturated heterocycles. The summed E-state index contributed by atoms with van der Waals surface area (Å²) in [6, 6.07) is 10.9. The molecule has 2 atom stereocenters. The Morgan fingerprint density at radius 3 is 2.72 bits per heavy atom. The molecule has 1 N–H and O–H groups in total. The Morgan fingerprint density at radius 1 is 1.11 bits per heavy atom. The van der Waals surface area contributed by atoms with Crippen LogP contribution in [0.25, 0.3) is 0 Å². The van der Waals surface area contributed by atoms with E-state index in [1.54, 1.807) is 0 Å². The Kier molecular flexibility index (Phi) is 5.04. The van der Waals surface area contributed by atoms with E-state index in [0.717, 1.165) is 11.8 Å². The molecule has 0 saturated carbocycles. The topological polar surface area (TPSA) is 15.3 Å². The van der Waals surface area contributed by atoms with Crippen molar-refractivity contribution in [3.63, 3.8) is 0 Å². The van der Waals surface area contributed by atoms with E-state index in [2.05, 4.69) is 40.5 Å². The number of halogens is 1. The summed E-state index contributed by atoms with van der Waals surface area (Å²) < 4.78 is 0. The third-order valence-electron chi connectivity index (χ3n) is 4.35. The van der Waals surface area contributed by atoms with Crippen LogP contribution in [0.4, 0.5) is 0 Å². The van der Waals surface area contributed by atoms with Crippen molar-refractivity contribution < 1.29 is 0 Å². The van der Waals surface area contributed by atoms with Gasteiger partial charge in [-0.1, -0.05) is 30.3 Å². The monoisotopic (exact) mass is 266 g/mol. The van der Waals surface area contributed by atoms with Crippen LogP contribution in [0, 0.1) is 11.8 Å². The van der Waals surface area contributed by atoms with Crippen LogP contribution < -0.4 is 5.32 Å². The van der Waals surface area contributed by atoms with Crippen molar-refractivity contribution in [2.24, 2.45) is 11.8 Å². The lowest BCUT2D eigenvalue weighted by Crippen LogP contribution is -2.40. The van der Waals surface area contributed by atoms with Gasteiger partial charge in [0.1, 0.15) is 0 Å². The van der Waals surface area contributed by atoms with Crippen LogP contribution in [0.1, 0.15) is 12.0 Å². The van der Waals surface area contributed by atoms with Crippen molar-refractivity contribution in [3.05, 3.63) is 35.9 Å². The largest absolute Gasteiger partial charge is 0.316 e. The molecule has 0 spiro atoms. The number of likely N-dealkylation sites (tertiary alicyclic amines) is 1. The average molecular weight is 267 g/mol. The van der Waals surface area contributed by atoms with Crippen molar-refractivity contribution in [1.82, 2.24) is 10.2 Å². The van der Waals surface area contributed by atoms with E-state index in [-0.39, 0.29) is 12.4 Å². The molecule has 0 aliphatic carbocycles. The number of nitrogens with zero attached hydrogens (tertiary/aromatic N) is 1. The Hall–Kier alpha value is -0.570. The van der Waals surface area contributed by atoms with E-state index in [1.165, 1.54) is 51.1 Å². The lowest BCUT2D eigenvalue weighted by Gasteiger charge is -2.34. The van der Waals surface area contributed by atoms with Crippen LogP contribution in [0.3, 0.4) is 0 Å². The zero-order valence-electron chi connectivity index (χ0n) is 10.8. The normalized spacial score (nSPS) is 27.6. The van der Waals surface area contributed by atoms with Gasteiger partial charge in [0.25, 0.3) is 0 Å². The second-order valence-electron chi connectivity index (χ2n) is 5.50. The van der Waals surface area contributed by atoms with Gasteiger partial charge < -0.3 is 10.2 Å². The third-order valence-corrected chi connectivity index (χ3v) is 4.35. The fraction of sp³-hybridized carbons (Fsp3) is 0.600. The van der Waals surface area contributed by atoms with Gasteiger partial charge in [-0.3, -0.25) is 0 Å². The van der Waals surface area contributed by atoms with Crippen LogP contribution in [0.15, 0.2) is 30.3 Å². The highest BCUT2D eigenvalue weighted by molar-refractivity contribution is 5.85. The molecule has 0 bridgehead atoms. The van der Waals surface area contributed by atoms with E-state index in [1.807, 2.05) is 0 Å². The molecule has 2 heterocycles. The molecule has 0 aromatic heterocycles. The summed E-state index contributed by atoms with van der Waals surface area (Å²) in [5.41, 5.74) is 1.47. The van der Waals surface area contributed by atoms with Crippen molar-refractivity contribution in [3.8, 4) is 0 Å². The van der Waals surface area contributed by atoms with E-state index in [9.17, 15) is 0 Å². The van der Waals surface area contributed by atoms with Gasteiger partial charge in [-0.15, -0.1) is 12.4 Å². The molecule has 1 aromatic rings. The molecule has 3 heteroatoms. The molecule has 0 amide bonds. The number of fused-ring (bicyclic) bond motifs is 1. The zero-order valence-corrected chi connectivity index (χ0v) is 11.7. The quantitative estimate of drug-likeness (QED) is 0.902. The SMILES string of the molecule is Cl.c1ccc(CCN2CCC3CNCC3C2)cc1. The number of piperidine rings is 1. The molecular weight excluding hydrogens is 244 g/mol. The Balaban J connectivity index is 0.00000120. The summed E-state index contributed by atoms with van der Waals surface area (Å²) in [5, 5.41) is 3.53. The molecule has 2 nitrogen and oxygen atoms in total. The predicted molar refractivity (Wildman–Crippen MR) is 78.3 cm³/mol. The van der Waals surface area contributed by atoms with Crippen LogP contribution in [0.5, 0.6) is 0 Å². The summed E-state index contributed by atoms with van der Waals surface area (Å²) in [5.74, 6) is 1.88. The summed E-state index contributed by atoms with van der Waals surface area (Å²) in [6.45, 7) is 6.34. The van der Waals surface area contributed by atoms with Gasteiger partial charge in [0.05, 0.1) is 0 Å². The lowest BCUT2D eigenvalue weighted by molar-refractivity contribution is 0.150. The lowest BCUT2D eigenvalue weighted by atomic mass is 9.88. The summed E-state index contributed by atoms with van der Waals surface area (Å²) in [7, 11) is 0. The number of nitrogens with one attached hydrogen (secondary N) is 1.